The monoisotopic (exact) mass is 530 g/mol. The Morgan fingerprint density at radius 2 is 1.76 bits per heavy atom. The van der Waals surface area contributed by atoms with Gasteiger partial charge >= 0.3 is 6.18 Å². The maximum absolute atomic E-state index is 13.2. The molecule has 0 fully saturated rings. The highest BCUT2D eigenvalue weighted by molar-refractivity contribution is 9.10. The molecule has 1 atom stereocenters. The standard InChI is InChI=1S/C25H18BrF3N2OS/c26-17-10-11-21-20(14-17)19-12-13-31(24(33)32-18-4-2-1-3-5-18)23(22(19)30-21)15-6-8-16(9-7-15)25(27,28)29/h1-11,14,23,30H,12-13H2. The second kappa shape index (κ2) is 8.50. The molecule has 0 spiro atoms. The summed E-state index contributed by atoms with van der Waals surface area (Å²) in [5.41, 5.74) is 3.03. The van der Waals surface area contributed by atoms with Crippen LogP contribution < -0.4 is 4.74 Å². The van der Waals surface area contributed by atoms with E-state index in [0.717, 1.165) is 45.2 Å². The number of benzene rings is 3. The van der Waals surface area contributed by atoms with Gasteiger partial charge in [-0.15, -0.1) is 0 Å². The van der Waals surface area contributed by atoms with Crippen molar-refractivity contribution in [1.82, 2.24) is 9.88 Å². The van der Waals surface area contributed by atoms with Gasteiger partial charge in [0.25, 0.3) is 5.17 Å². The van der Waals surface area contributed by atoms with Crippen LogP contribution in [0.25, 0.3) is 10.9 Å². The van der Waals surface area contributed by atoms with Crippen molar-refractivity contribution >= 4 is 44.2 Å². The molecule has 0 bridgehead atoms. The van der Waals surface area contributed by atoms with E-state index in [2.05, 4.69) is 27.0 Å². The summed E-state index contributed by atoms with van der Waals surface area (Å²) in [5.74, 6) is 0.611. The quantitative estimate of drug-likeness (QED) is 0.276. The van der Waals surface area contributed by atoms with Gasteiger partial charge in [0.15, 0.2) is 0 Å². The van der Waals surface area contributed by atoms with E-state index < -0.39 is 17.8 Å². The summed E-state index contributed by atoms with van der Waals surface area (Å²) in [6.07, 6.45) is -3.67. The number of rotatable bonds is 2. The van der Waals surface area contributed by atoms with Crippen molar-refractivity contribution in [3.63, 3.8) is 0 Å². The van der Waals surface area contributed by atoms with Crippen LogP contribution in [0.5, 0.6) is 5.75 Å². The lowest BCUT2D eigenvalue weighted by Crippen LogP contribution is -2.42. The van der Waals surface area contributed by atoms with E-state index in [1.54, 1.807) is 0 Å². The lowest BCUT2D eigenvalue weighted by molar-refractivity contribution is -0.137. The molecule has 33 heavy (non-hydrogen) atoms. The molecule has 1 aromatic heterocycles. The molecule has 3 nitrogen and oxygen atoms in total. The van der Waals surface area contributed by atoms with Crippen LogP contribution >= 0.6 is 28.1 Å². The van der Waals surface area contributed by atoms with E-state index in [4.69, 9.17) is 17.0 Å². The topological polar surface area (TPSA) is 28.3 Å². The second-order valence-electron chi connectivity index (χ2n) is 7.85. The molecule has 5 rings (SSSR count). The van der Waals surface area contributed by atoms with Crippen molar-refractivity contribution in [3.8, 4) is 5.75 Å². The van der Waals surface area contributed by atoms with Crippen molar-refractivity contribution in [3.05, 3.63) is 99.7 Å². The van der Waals surface area contributed by atoms with Gasteiger partial charge in [-0.05, 0) is 72.2 Å². The van der Waals surface area contributed by atoms with Crippen LogP contribution in [0.1, 0.15) is 28.4 Å². The Bertz CT molecular complexity index is 1320. The molecule has 0 saturated heterocycles. The predicted molar refractivity (Wildman–Crippen MR) is 129 cm³/mol. The van der Waals surface area contributed by atoms with Crippen LogP contribution in [0.2, 0.25) is 0 Å². The molecule has 0 amide bonds. The Labute approximate surface area is 202 Å². The number of hydrogen-bond donors (Lipinski definition) is 1. The molecule has 0 radical (unpaired) electrons. The summed E-state index contributed by atoms with van der Waals surface area (Å²) >= 11 is 9.18. The fourth-order valence-corrected chi connectivity index (χ4v) is 4.96. The number of nitrogens with one attached hydrogen (secondary N) is 1. The number of aromatic amines is 1. The van der Waals surface area contributed by atoms with Crippen molar-refractivity contribution in [2.75, 3.05) is 6.54 Å². The molecule has 168 valence electrons. The highest BCUT2D eigenvalue weighted by Gasteiger charge is 2.35. The molecule has 0 saturated carbocycles. The smallest absolute Gasteiger partial charge is 0.416 e. The van der Waals surface area contributed by atoms with Crippen molar-refractivity contribution in [2.24, 2.45) is 0 Å². The van der Waals surface area contributed by atoms with Gasteiger partial charge in [0.05, 0.1) is 11.6 Å². The van der Waals surface area contributed by atoms with Gasteiger partial charge in [0.1, 0.15) is 5.75 Å². The number of aromatic nitrogens is 1. The number of ether oxygens (including phenoxy) is 1. The molecule has 1 aliphatic heterocycles. The highest BCUT2D eigenvalue weighted by Crippen LogP contribution is 2.40. The van der Waals surface area contributed by atoms with Crippen molar-refractivity contribution in [1.29, 1.82) is 0 Å². The van der Waals surface area contributed by atoms with Gasteiger partial charge in [-0.25, -0.2) is 0 Å². The molecule has 2 heterocycles. The minimum atomic E-state index is -4.39. The molecule has 1 aliphatic rings. The number of halogens is 4. The van der Waals surface area contributed by atoms with Gasteiger partial charge in [-0.1, -0.05) is 46.3 Å². The van der Waals surface area contributed by atoms with E-state index in [-0.39, 0.29) is 5.17 Å². The zero-order chi connectivity index (χ0) is 23.2. The average molecular weight is 531 g/mol. The molecule has 0 aliphatic carbocycles. The maximum atomic E-state index is 13.2. The average Bonchev–Trinajstić information content (AvgIpc) is 3.16. The molecule has 1 unspecified atom stereocenters. The predicted octanol–water partition coefficient (Wildman–Crippen LogP) is 7.26. The first-order valence-corrected chi connectivity index (χ1v) is 11.5. The summed E-state index contributed by atoms with van der Waals surface area (Å²) in [6.45, 7) is 0.573. The molecular formula is C25H18BrF3N2OS. The van der Waals surface area contributed by atoms with Crippen LogP contribution in [0, 0.1) is 0 Å². The number of para-hydroxylation sites is 1. The van der Waals surface area contributed by atoms with Gasteiger partial charge in [0.2, 0.25) is 0 Å². The molecule has 1 N–H and O–H groups in total. The number of H-pyrrole nitrogens is 1. The van der Waals surface area contributed by atoms with E-state index in [9.17, 15) is 13.2 Å². The van der Waals surface area contributed by atoms with E-state index in [1.807, 2.05) is 47.4 Å². The zero-order valence-electron chi connectivity index (χ0n) is 17.2. The normalized spacial score (nSPS) is 16.0. The summed E-state index contributed by atoms with van der Waals surface area (Å²) in [4.78, 5) is 5.41. The Balaban J connectivity index is 1.59. The van der Waals surface area contributed by atoms with Gasteiger partial charge in [-0.2, -0.15) is 13.2 Å². The van der Waals surface area contributed by atoms with E-state index in [1.165, 1.54) is 12.1 Å². The minimum absolute atomic E-state index is 0.275. The minimum Gasteiger partial charge on any atom is -0.432 e. The fourth-order valence-electron chi connectivity index (χ4n) is 4.31. The van der Waals surface area contributed by atoms with E-state index >= 15 is 0 Å². The Morgan fingerprint density at radius 1 is 1.03 bits per heavy atom. The summed E-state index contributed by atoms with van der Waals surface area (Å²) < 4.78 is 46.4. The number of alkyl halides is 3. The molecule has 4 aromatic rings. The van der Waals surface area contributed by atoms with E-state index in [0.29, 0.717) is 17.9 Å². The second-order valence-corrected chi connectivity index (χ2v) is 9.12. The zero-order valence-corrected chi connectivity index (χ0v) is 19.6. The van der Waals surface area contributed by atoms with Crippen LogP contribution in [0.4, 0.5) is 13.2 Å². The van der Waals surface area contributed by atoms with Crippen molar-refractivity contribution < 1.29 is 17.9 Å². The highest BCUT2D eigenvalue weighted by atomic mass is 79.9. The third-order valence-electron chi connectivity index (χ3n) is 5.83. The van der Waals surface area contributed by atoms with Crippen LogP contribution in [-0.2, 0) is 12.6 Å². The molecular weight excluding hydrogens is 513 g/mol. The molecule has 8 heteroatoms. The lowest BCUT2D eigenvalue weighted by Gasteiger charge is -2.37. The third kappa shape index (κ3) is 4.25. The number of fused-ring (bicyclic) bond motifs is 3. The number of nitrogens with zero attached hydrogens (tertiary/aromatic N) is 1. The summed E-state index contributed by atoms with van der Waals surface area (Å²) in [5, 5.41) is 1.36. The fraction of sp³-hybridized carbons (Fsp3) is 0.160. The summed E-state index contributed by atoms with van der Waals surface area (Å²) in [6, 6.07) is 20.1. The van der Waals surface area contributed by atoms with Gasteiger partial charge < -0.3 is 14.6 Å². The first-order chi connectivity index (χ1) is 15.8. The van der Waals surface area contributed by atoms with Crippen LogP contribution in [0.3, 0.4) is 0 Å². The summed E-state index contributed by atoms with van der Waals surface area (Å²) in [7, 11) is 0. The van der Waals surface area contributed by atoms with Crippen molar-refractivity contribution in [2.45, 2.75) is 18.6 Å². The third-order valence-corrected chi connectivity index (χ3v) is 6.64. The number of hydrogen-bond acceptors (Lipinski definition) is 2. The SMILES string of the molecule is FC(F)(F)c1ccc(C2c3[nH]c4ccc(Br)cc4c3CCN2C(=S)Oc2ccccc2)cc1. The Kier molecular flexibility index (Phi) is 5.66. The van der Waals surface area contributed by atoms with Gasteiger partial charge in [-0.3, -0.25) is 0 Å². The Hall–Kier alpha value is -2.84. The molecule has 3 aromatic carbocycles. The Morgan fingerprint density at radius 3 is 2.45 bits per heavy atom. The first kappa shape index (κ1) is 22.0. The largest absolute Gasteiger partial charge is 0.432 e. The first-order valence-electron chi connectivity index (χ1n) is 10.3. The van der Waals surface area contributed by atoms with Crippen LogP contribution in [-0.4, -0.2) is 21.6 Å². The lowest BCUT2D eigenvalue weighted by atomic mass is 9.92. The van der Waals surface area contributed by atoms with Crippen LogP contribution in [0.15, 0.2) is 77.3 Å². The van der Waals surface area contributed by atoms with Gasteiger partial charge in [0, 0.05) is 27.6 Å². The maximum Gasteiger partial charge on any atom is 0.416 e. The number of thiocarbonyl (C=S) groups is 1.